The standard InChI is InChI=1S/C20H40N2O2.2C2H6.CH5N/c1-7-10-20(6,9-3)24-17-11-19(4,5)18(23)22-15-13-21(12-8-2)14-16-22;3*1-2/h7-17H2,1-6H3;2*1-2H3;2H2,1H3. The lowest BCUT2D eigenvalue weighted by Gasteiger charge is -2.39. The predicted molar refractivity (Wildman–Crippen MR) is 134 cm³/mol. The molecular weight excluding hydrogens is 374 g/mol. The Kier molecular flexibility index (Phi) is 22.9. The lowest BCUT2D eigenvalue weighted by atomic mass is 9.87. The topological polar surface area (TPSA) is 58.8 Å². The molecule has 0 aromatic carbocycles. The molecule has 0 aromatic heterocycles. The maximum absolute atomic E-state index is 12.9. The maximum atomic E-state index is 12.9. The number of ether oxygens (including phenoxy) is 1. The second kappa shape index (κ2) is 20.3. The highest BCUT2D eigenvalue weighted by atomic mass is 16.5. The highest BCUT2D eigenvalue weighted by Crippen LogP contribution is 2.27. The molecule has 1 aliphatic heterocycles. The summed E-state index contributed by atoms with van der Waals surface area (Å²) in [6.45, 7) is 26.5. The monoisotopic (exact) mass is 431 g/mol. The van der Waals surface area contributed by atoms with E-state index in [1.54, 1.807) is 0 Å². The molecule has 2 N–H and O–H groups in total. The van der Waals surface area contributed by atoms with Gasteiger partial charge >= 0.3 is 0 Å². The number of hydrogen-bond donors (Lipinski definition) is 1. The van der Waals surface area contributed by atoms with Crippen LogP contribution in [-0.4, -0.2) is 67.7 Å². The number of rotatable bonds is 10. The minimum atomic E-state index is -0.339. The molecule has 1 atom stereocenters. The maximum Gasteiger partial charge on any atom is 0.228 e. The van der Waals surface area contributed by atoms with Crippen molar-refractivity contribution in [1.29, 1.82) is 0 Å². The van der Waals surface area contributed by atoms with Crippen LogP contribution in [0.5, 0.6) is 0 Å². The van der Waals surface area contributed by atoms with Gasteiger partial charge in [-0.2, -0.15) is 0 Å². The van der Waals surface area contributed by atoms with Crippen molar-refractivity contribution in [2.75, 3.05) is 46.4 Å². The number of nitrogens with zero attached hydrogens (tertiary/aromatic N) is 2. The van der Waals surface area contributed by atoms with Crippen molar-refractivity contribution in [1.82, 2.24) is 9.80 Å². The van der Waals surface area contributed by atoms with E-state index in [4.69, 9.17) is 4.74 Å². The van der Waals surface area contributed by atoms with Crippen molar-refractivity contribution in [3.8, 4) is 0 Å². The van der Waals surface area contributed by atoms with E-state index >= 15 is 0 Å². The molecule has 0 radical (unpaired) electrons. The zero-order valence-corrected chi connectivity index (χ0v) is 22.6. The van der Waals surface area contributed by atoms with E-state index in [0.29, 0.717) is 6.61 Å². The van der Waals surface area contributed by atoms with E-state index in [2.05, 4.69) is 57.1 Å². The molecule has 1 unspecified atom stereocenters. The van der Waals surface area contributed by atoms with Gasteiger partial charge in [0.25, 0.3) is 0 Å². The van der Waals surface area contributed by atoms with Crippen LogP contribution in [0.4, 0.5) is 0 Å². The molecule has 1 amide bonds. The predicted octanol–water partition coefficient (Wildman–Crippen LogP) is 5.57. The fourth-order valence-electron chi connectivity index (χ4n) is 3.46. The second-order valence-corrected chi connectivity index (χ2v) is 8.17. The van der Waals surface area contributed by atoms with Gasteiger partial charge in [-0.3, -0.25) is 9.69 Å². The van der Waals surface area contributed by atoms with E-state index in [1.807, 2.05) is 27.7 Å². The van der Waals surface area contributed by atoms with Gasteiger partial charge in [-0.25, -0.2) is 0 Å². The van der Waals surface area contributed by atoms with Gasteiger partial charge in [-0.15, -0.1) is 0 Å². The van der Waals surface area contributed by atoms with Crippen molar-refractivity contribution < 1.29 is 9.53 Å². The van der Waals surface area contributed by atoms with Crippen molar-refractivity contribution in [3.63, 3.8) is 0 Å². The summed E-state index contributed by atoms with van der Waals surface area (Å²) in [5.74, 6) is 0.288. The first kappa shape index (κ1) is 34.0. The number of carbonyl (C=O) groups is 1. The second-order valence-electron chi connectivity index (χ2n) is 8.17. The zero-order valence-electron chi connectivity index (χ0n) is 22.6. The average Bonchev–Trinajstić information content (AvgIpc) is 2.78. The normalized spacial score (nSPS) is 16.1. The molecular formula is C25H57N3O2. The molecule has 1 fully saturated rings. The summed E-state index contributed by atoms with van der Waals surface area (Å²) in [6, 6.07) is 0. The van der Waals surface area contributed by atoms with Crippen LogP contribution < -0.4 is 5.73 Å². The molecule has 0 bridgehead atoms. The summed E-state index contributed by atoms with van der Waals surface area (Å²) in [7, 11) is 1.50. The van der Waals surface area contributed by atoms with Gasteiger partial charge < -0.3 is 15.4 Å². The van der Waals surface area contributed by atoms with Crippen LogP contribution in [-0.2, 0) is 9.53 Å². The van der Waals surface area contributed by atoms with E-state index in [9.17, 15) is 4.79 Å². The quantitative estimate of drug-likeness (QED) is 0.491. The van der Waals surface area contributed by atoms with Crippen molar-refractivity contribution >= 4 is 5.91 Å². The Hall–Kier alpha value is -0.650. The number of amides is 1. The molecule has 5 heteroatoms. The molecule has 1 rings (SSSR count). The Morgan fingerprint density at radius 1 is 0.867 bits per heavy atom. The Labute approximate surface area is 190 Å². The summed E-state index contributed by atoms with van der Waals surface area (Å²) in [4.78, 5) is 17.4. The lowest BCUT2D eigenvalue weighted by Crippen LogP contribution is -2.52. The molecule has 1 saturated heterocycles. The van der Waals surface area contributed by atoms with Gasteiger partial charge in [0.05, 0.1) is 5.60 Å². The highest BCUT2D eigenvalue weighted by molar-refractivity contribution is 5.82. The average molecular weight is 432 g/mol. The highest BCUT2D eigenvalue weighted by Gasteiger charge is 2.34. The Morgan fingerprint density at radius 2 is 1.37 bits per heavy atom. The molecule has 1 aliphatic rings. The molecule has 184 valence electrons. The van der Waals surface area contributed by atoms with Crippen LogP contribution >= 0.6 is 0 Å². The number of nitrogens with two attached hydrogens (primary N) is 1. The van der Waals surface area contributed by atoms with Gasteiger partial charge in [0, 0.05) is 38.2 Å². The lowest BCUT2D eigenvalue weighted by molar-refractivity contribution is -0.144. The third-order valence-corrected chi connectivity index (χ3v) is 5.48. The Balaban J connectivity index is -0.00000111. The van der Waals surface area contributed by atoms with Crippen LogP contribution in [0.3, 0.4) is 0 Å². The van der Waals surface area contributed by atoms with Gasteiger partial charge in [0.2, 0.25) is 5.91 Å². The van der Waals surface area contributed by atoms with E-state index in [-0.39, 0.29) is 16.9 Å². The van der Waals surface area contributed by atoms with Crippen LogP contribution in [0.15, 0.2) is 0 Å². The van der Waals surface area contributed by atoms with Crippen LogP contribution in [0, 0.1) is 5.41 Å². The first-order valence-corrected chi connectivity index (χ1v) is 12.5. The molecule has 30 heavy (non-hydrogen) atoms. The summed E-state index contributed by atoms with van der Waals surface area (Å²) in [5.41, 5.74) is 4.12. The summed E-state index contributed by atoms with van der Waals surface area (Å²) < 4.78 is 6.16. The van der Waals surface area contributed by atoms with E-state index in [0.717, 1.165) is 58.4 Å². The summed E-state index contributed by atoms with van der Waals surface area (Å²) in [5, 5.41) is 0. The molecule has 5 nitrogen and oxygen atoms in total. The van der Waals surface area contributed by atoms with Crippen molar-refractivity contribution in [2.24, 2.45) is 11.1 Å². The summed E-state index contributed by atoms with van der Waals surface area (Å²) >= 11 is 0. The zero-order chi connectivity index (χ0) is 24.2. The van der Waals surface area contributed by atoms with Gasteiger partial charge in [0.1, 0.15) is 0 Å². The molecule has 0 aromatic rings. The number of hydrogen-bond acceptors (Lipinski definition) is 4. The van der Waals surface area contributed by atoms with Gasteiger partial charge in [-0.1, -0.05) is 68.7 Å². The van der Waals surface area contributed by atoms with Crippen molar-refractivity contribution in [3.05, 3.63) is 0 Å². The first-order chi connectivity index (χ1) is 14.3. The van der Waals surface area contributed by atoms with Gasteiger partial charge in [0.15, 0.2) is 0 Å². The van der Waals surface area contributed by atoms with Crippen LogP contribution in [0.1, 0.15) is 101 Å². The van der Waals surface area contributed by atoms with E-state index in [1.165, 1.54) is 13.5 Å². The molecule has 1 heterocycles. The molecule has 0 spiro atoms. The fourth-order valence-corrected chi connectivity index (χ4v) is 3.46. The molecule has 0 saturated carbocycles. The minimum absolute atomic E-state index is 0.0420. The van der Waals surface area contributed by atoms with Crippen LogP contribution in [0.25, 0.3) is 0 Å². The number of piperazine rings is 1. The van der Waals surface area contributed by atoms with Gasteiger partial charge in [-0.05, 0) is 46.2 Å². The smallest absolute Gasteiger partial charge is 0.228 e. The first-order valence-electron chi connectivity index (χ1n) is 12.5. The SMILES string of the molecule is CC.CC.CCCN1CCN(C(=O)C(C)(C)CCOC(C)(CC)CCC)CC1.CN. The minimum Gasteiger partial charge on any atom is -0.375 e. The third-order valence-electron chi connectivity index (χ3n) is 5.48. The largest absolute Gasteiger partial charge is 0.375 e. The number of carbonyl (C=O) groups excluding carboxylic acids is 1. The fraction of sp³-hybridized carbons (Fsp3) is 0.960. The Bertz CT molecular complexity index is 381. The van der Waals surface area contributed by atoms with Crippen LogP contribution in [0.2, 0.25) is 0 Å². The third kappa shape index (κ3) is 13.6. The summed E-state index contributed by atoms with van der Waals surface area (Å²) in [6.07, 6.45) is 5.21. The molecule has 0 aliphatic carbocycles. The Morgan fingerprint density at radius 3 is 1.77 bits per heavy atom. The van der Waals surface area contributed by atoms with E-state index < -0.39 is 0 Å². The van der Waals surface area contributed by atoms with Crippen molar-refractivity contribution in [2.45, 2.75) is 107 Å².